The van der Waals surface area contributed by atoms with Crippen molar-refractivity contribution < 1.29 is 14.6 Å². The van der Waals surface area contributed by atoms with Crippen LogP contribution in [0.1, 0.15) is 26.3 Å². The average molecular weight is 251 g/mol. The number of ether oxygens (including phenoxy) is 1. The second kappa shape index (κ2) is 6.40. The molecule has 1 rings (SSSR count). The Balaban J connectivity index is 2.76. The van der Waals surface area contributed by atoms with Crippen molar-refractivity contribution in [2.24, 2.45) is 0 Å². The van der Waals surface area contributed by atoms with E-state index in [4.69, 9.17) is 4.74 Å². The van der Waals surface area contributed by atoms with E-state index in [0.717, 1.165) is 17.7 Å². The molecule has 0 saturated heterocycles. The number of hydrogen-bond donors (Lipinski definition) is 2. The van der Waals surface area contributed by atoms with Crippen molar-refractivity contribution in [2.75, 3.05) is 13.2 Å². The molecule has 1 unspecified atom stereocenters. The van der Waals surface area contributed by atoms with Crippen LogP contribution in [0, 0.1) is 0 Å². The summed E-state index contributed by atoms with van der Waals surface area (Å²) in [6.07, 6.45) is 0.862. The van der Waals surface area contributed by atoms with Gasteiger partial charge in [-0.25, -0.2) is 0 Å². The van der Waals surface area contributed by atoms with Gasteiger partial charge in [-0.1, -0.05) is 32.0 Å². The van der Waals surface area contributed by atoms with Crippen LogP contribution in [0.3, 0.4) is 0 Å². The summed E-state index contributed by atoms with van der Waals surface area (Å²) in [6.45, 7) is 6.24. The number of carboxylic acid groups (broad SMARTS) is 1. The van der Waals surface area contributed by atoms with Crippen molar-refractivity contribution in [1.29, 1.82) is 0 Å². The van der Waals surface area contributed by atoms with E-state index in [2.05, 4.69) is 5.32 Å². The average Bonchev–Trinajstić information content (AvgIpc) is 2.37. The van der Waals surface area contributed by atoms with Crippen LogP contribution >= 0.6 is 0 Å². The summed E-state index contributed by atoms with van der Waals surface area (Å²) in [6, 6.07) is 7.69. The number of para-hydroxylation sites is 1. The van der Waals surface area contributed by atoms with Gasteiger partial charge in [0.15, 0.2) is 0 Å². The molecular formula is C14H21NO3. The van der Waals surface area contributed by atoms with Crippen LogP contribution in [0.25, 0.3) is 0 Å². The third kappa shape index (κ3) is 3.47. The van der Waals surface area contributed by atoms with Crippen LogP contribution in [0.15, 0.2) is 24.3 Å². The lowest BCUT2D eigenvalue weighted by Gasteiger charge is -2.26. The number of hydrogen-bond acceptors (Lipinski definition) is 3. The predicted molar refractivity (Wildman–Crippen MR) is 71.0 cm³/mol. The van der Waals surface area contributed by atoms with E-state index in [-0.39, 0.29) is 6.61 Å². The zero-order chi connectivity index (χ0) is 13.6. The maximum Gasteiger partial charge on any atom is 0.327 e. The summed E-state index contributed by atoms with van der Waals surface area (Å²) < 4.78 is 5.66. The SMILES string of the molecule is CCNC(C)(COc1ccccc1CC)C(=O)O. The summed E-state index contributed by atoms with van der Waals surface area (Å²) in [5.74, 6) is -0.149. The first-order valence-corrected chi connectivity index (χ1v) is 6.22. The van der Waals surface area contributed by atoms with Gasteiger partial charge in [0.1, 0.15) is 17.9 Å². The number of benzene rings is 1. The summed E-state index contributed by atoms with van der Waals surface area (Å²) >= 11 is 0. The fourth-order valence-corrected chi connectivity index (χ4v) is 1.74. The zero-order valence-corrected chi connectivity index (χ0v) is 11.2. The van der Waals surface area contributed by atoms with Gasteiger partial charge in [0, 0.05) is 0 Å². The summed E-state index contributed by atoms with van der Waals surface area (Å²) in [5, 5.41) is 12.2. The number of aliphatic carboxylic acids is 1. The highest BCUT2D eigenvalue weighted by Gasteiger charge is 2.33. The molecule has 1 aromatic rings. The van der Waals surface area contributed by atoms with Crippen LogP contribution in [0.4, 0.5) is 0 Å². The lowest BCUT2D eigenvalue weighted by atomic mass is 10.0. The number of likely N-dealkylation sites (N-methyl/N-ethyl adjacent to an activating group) is 1. The first-order valence-electron chi connectivity index (χ1n) is 6.22. The highest BCUT2D eigenvalue weighted by atomic mass is 16.5. The Bertz CT molecular complexity index is 406. The predicted octanol–water partition coefficient (Wildman–Crippen LogP) is 2.08. The summed E-state index contributed by atoms with van der Waals surface area (Å²) in [4.78, 5) is 11.2. The lowest BCUT2D eigenvalue weighted by molar-refractivity contribution is -0.145. The lowest BCUT2D eigenvalue weighted by Crippen LogP contribution is -2.53. The van der Waals surface area contributed by atoms with Crippen LogP contribution in [0.5, 0.6) is 5.75 Å². The highest BCUT2D eigenvalue weighted by molar-refractivity contribution is 5.78. The molecule has 4 heteroatoms. The minimum atomic E-state index is -1.06. The fourth-order valence-electron chi connectivity index (χ4n) is 1.74. The van der Waals surface area contributed by atoms with Gasteiger partial charge in [-0.15, -0.1) is 0 Å². The molecule has 0 aliphatic rings. The monoisotopic (exact) mass is 251 g/mol. The molecule has 0 spiro atoms. The molecule has 0 aliphatic carbocycles. The number of aryl methyl sites for hydroxylation is 1. The van der Waals surface area contributed by atoms with Gasteiger partial charge in [0.25, 0.3) is 0 Å². The first-order chi connectivity index (χ1) is 8.53. The second-order valence-electron chi connectivity index (χ2n) is 4.42. The quantitative estimate of drug-likeness (QED) is 0.779. The van der Waals surface area contributed by atoms with Gasteiger partial charge < -0.3 is 9.84 Å². The number of carboxylic acids is 1. The van der Waals surface area contributed by atoms with Gasteiger partial charge in [0.2, 0.25) is 0 Å². The first kappa shape index (κ1) is 14.5. The van der Waals surface area contributed by atoms with Gasteiger partial charge in [-0.2, -0.15) is 0 Å². The Morgan fingerprint density at radius 1 is 1.39 bits per heavy atom. The van der Waals surface area contributed by atoms with Crippen molar-refractivity contribution >= 4 is 5.97 Å². The van der Waals surface area contributed by atoms with Crippen LogP contribution in [-0.2, 0) is 11.2 Å². The molecule has 2 N–H and O–H groups in total. The summed E-state index contributed by atoms with van der Waals surface area (Å²) in [5.41, 5.74) is 0.0250. The van der Waals surface area contributed by atoms with E-state index >= 15 is 0 Å². The Morgan fingerprint density at radius 2 is 2.06 bits per heavy atom. The van der Waals surface area contributed by atoms with E-state index < -0.39 is 11.5 Å². The van der Waals surface area contributed by atoms with Crippen LogP contribution < -0.4 is 10.1 Å². The van der Waals surface area contributed by atoms with Gasteiger partial charge in [-0.05, 0) is 31.5 Å². The van der Waals surface area contributed by atoms with Gasteiger partial charge in [-0.3, -0.25) is 10.1 Å². The zero-order valence-electron chi connectivity index (χ0n) is 11.2. The molecule has 100 valence electrons. The molecule has 18 heavy (non-hydrogen) atoms. The van der Waals surface area contributed by atoms with Crippen molar-refractivity contribution in [3.05, 3.63) is 29.8 Å². The minimum absolute atomic E-state index is 0.104. The van der Waals surface area contributed by atoms with Gasteiger partial charge >= 0.3 is 5.97 Å². The van der Waals surface area contributed by atoms with E-state index in [1.807, 2.05) is 38.1 Å². The molecule has 0 fully saturated rings. The molecule has 0 bridgehead atoms. The highest BCUT2D eigenvalue weighted by Crippen LogP contribution is 2.19. The molecule has 0 saturated carbocycles. The normalized spacial score (nSPS) is 13.9. The molecule has 1 aromatic carbocycles. The van der Waals surface area contributed by atoms with Gasteiger partial charge in [0.05, 0.1) is 0 Å². The number of nitrogens with one attached hydrogen (secondary N) is 1. The van der Waals surface area contributed by atoms with E-state index in [0.29, 0.717) is 6.54 Å². The molecule has 4 nitrogen and oxygen atoms in total. The topological polar surface area (TPSA) is 58.6 Å². The second-order valence-corrected chi connectivity index (χ2v) is 4.42. The van der Waals surface area contributed by atoms with Crippen molar-refractivity contribution in [1.82, 2.24) is 5.32 Å². The van der Waals surface area contributed by atoms with E-state index in [9.17, 15) is 9.90 Å². The van der Waals surface area contributed by atoms with Crippen molar-refractivity contribution in [3.8, 4) is 5.75 Å². The fraction of sp³-hybridized carbons (Fsp3) is 0.500. The Hall–Kier alpha value is -1.55. The molecule has 0 aromatic heterocycles. The molecule has 0 amide bonds. The molecule has 0 aliphatic heterocycles. The summed E-state index contributed by atoms with van der Waals surface area (Å²) in [7, 11) is 0. The van der Waals surface area contributed by atoms with Crippen molar-refractivity contribution in [3.63, 3.8) is 0 Å². The minimum Gasteiger partial charge on any atom is -0.491 e. The largest absolute Gasteiger partial charge is 0.491 e. The molecular weight excluding hydrogens is 230 g/mol. The number of rotatable bonds is 7. The number of carbonyl (C=O) groups is 1. The Morgan fingerprint density at radius 3 is 2.61 bits per heavy atom. The van der Waals surface area contributed by atoms with E-state index in [1.54, 1.807) is 6.92 Å². The third-order valence-corrected chi connectivity index (χ3v) is 2.91. The maximum atomic E-state index is 11.2. The van der Waals surface area contributed by atoms with Crippen LogP contribution in [-0.4, -0.2) is 29.8 Å². The Kier molecular flexibility index (Phi) is 5.16. The molecule has 1 atom stereocenters. The maximum absolute atomic E-state index is 11.2. The smallest absolute Gasteiger partial charge is 0.327 e. The third-order valence-electron chi connectivity index (χ3n) is 2.91. The molecule has 0 heterocycles. The van der Waals surface area contributed by atoms with Crippen molar-refractivity contribution in [2.45, 2.75) is 32.7 Å². The Labute approximate surface area is 108 Å². The standard InChI is InChI=1S/C14H21NO3/c1-4-11-8-6-7-9-12(11)18-10-14(3,13(16)17)15-5-2/h6-9,15H,4-5,10H2,1-3H3,(H,16,17). The van der Waals surface area contributed by atoms with Crippen LogP contribution in [0.2, 0.25) is 0 Å². The molecule has 0 radical (unpaired) electrons. The van der Waals surface area contributed by atoms with E-state index in [1.165, 1.54) is 0 Å².